The summed E-state index contributed by atoms with van der Waals surface area (Å²) in [4.78, 5) is 16.4. The van der Waals surface area contributed by atoms with E-state index in [9.17, 15) is 4.79 Å². The fourth-order valence-electron chi connectivity index (χ4n) is 3.43. The number of amides is 1. The molecule has 154 valence electrons. The maximum Gasteiger partial charge on any atom is 0.260 e. The Morgan fingerprint density at radius 1 is 0.900 bits per heavy atom. The molecule has 1 amide bonds. The summed E-state index contributed by atoms with van der Waals surface area (Å²) >= 11 is 0. The fourth-order valence-corrected chi connectivity index (χ4v) is 3.43. The van der Waals surface area contributed by atoms with Gasteiger partial charge < -0.3 is 19.3 Å². The third-order valence-corrected chi connectivity index (χ3v) is 5.10. The van der Waals surface area contributed by atoms with Crippen LogP contribution in [0.5, 0.6) is 11.5 Å². The highest BCUT2D eigenvalue weighted by atomic mass is 16.5. The summed E-state index contributed by atoms with van der Waals surface area (Å²) < 4.78 is 11.0. The molecule has 2 heterocycles. The van der Waals surface area contributed by atoms with Crippen LogP contribution in [0.25, 0.3) is 11.3 Å². The molecule has 0 unspecified atom stereocenters. The number of benzene rings is 2. The van der Waals surface area contributed by atoms with Gasteiger partial charge in [-0.05, 0) is 36.4 Å². The first kappa shape index (κ1) is 19.7. The Bertz CT molecular complexity index is 971. The van der Waals surface area contributed by atoms with E-state index in [4.69, 9.17) is 9.47 Å². The van der Waals surface area contributed by atoms with Crippen LogP contribution in [-0.2, 0) is 4.79 Å². The molecule has 1 saturated heterocycles. The molecule has 0 bridgehead atoms. The topological polar surface area (TPSA) is 67.8 Å². The van der Waals surface area contributed by atoms with Gasteiger partial charge in [-0.1, -0.05) is 30.3 Å². The van der Waals surface area contributed by atoms with Crippen molar-refractivity contribution in [3.05, 3.63) is 66.7 Å². The molecule has 0 aliphatic carbocycles. The van der Waals surface area contributed by atoms with E-state index in [1.165, 1.54) is 0 Å². The van der Waals surface area contributed by atoms with Crippen LogP contribution in [0, 0.1) is 0 Å². The van der Waals surface area contributed by atoms with Gasteiger partial charge in [-0.25, -0.2) is 0 Å². The number of hydrogen-bond donors (Lipinski definition) is 0. The Balaban J connectivity index is 1.32. The number of carbonyl (C=O) groups excluding carboxylic acids is 1. The van der Waals surface area contributed by atoms with Crippen LogP contribution < -0.4 is 14.4 Å². The normalized spacial score (nSPS) is 13.8. The van der Waals surface area contributed by atoms with Gasteiger partial charge in [0.2, 0.25) is 0 Å². The molecule has 0 atom stereocenters. The first-order valence-electron chi connectivity index (χ1n) is 9.92. The van der Waals surface area contributed by atoms with E-state index in [0.29, 0.717) is 31.9 Å². The highest BCUT2D eigenvalue weighted by Gasteiger charge is 2.22. The molecule has 7 heteroatoms. The average molecular weight is 404 g/mol. The SMILES string of the molecule is COc1ccccc1-c1ccc(N2CCN(C(=O)COc3ccccc3)CC2)nn1. The maximum atomic E-state index is 12.4. The van der Waals surface area contributed by atoms with Crippen molar-refractivity contribution < 1.29 is 14.3 Å². The van der Waals surface area contributed by atoms with Crippen LogP contribution >= 0.6 is 0 Å². The van der Waals surface area contributed by atoms with Crippen molar-refractivity contribution in [2.75, 3.05) is 44.8 Å². The monoisotopic (exact) mass is 404 g/mol. The van der Waals surface area contributed by atoms with Gasteiger partial charge in [-0.2, -0.15) is 0 Å². The van der Waals surface area contributed by atoms with Crippen LogP contribution in [0.1, 0.15) is 0 Å². The standard InChI is InChI=1S/C23H24N4O3/c1-29-21-10-6-5-9-19(21)20-11-12-22(25-24-20)26-13-15-27(16-14-26)23(28)17-30-18-7-3-2-4-8-18/h2-12H,13-17H2,1H3. The summed E-state index contributed by atoms with van der Waals surface area (Å²) in [6, 6.07) is 21.0. The molecule has 0 spiro atoms. The molecule has 1 fully saturated rings. The molecule has 30 heavy (non-hydrogen) atoms. The molecular formula is C23H24N4O3. The van der Waals surface area contributed by atoms with Gasteiger partial charge in [0.15, 0.2) is 12.4 Å². The van der Waals surface area contributed by atoms with Crippen molar-refractivity contribution in [2.45, 2.75) is 0 Å². The second-order valence-electron chi connectivity index (χ2n) is 6.95. The minimum absolute atomic E-state index is 0.00360. The van der Waals surface area contributed by atoms with E-state index in [2.05, 4.69) is 15.1 Å². The van der Waals surface area contributed by atoms with Gasteiger partial charge >= 0.3 is 0 Å². The van der Waals surface area contributed by atoms with Crippen LogP contribution in [-0.4, -0.2) is 60.9 Å². The van der Waals surface area contributed by atoms with Gasteiger partial charge in [-0.3, -0.25) is 4.79 Å². The van der Waals surface area contributed by atoms with Crippen molar-refractivity contribution in [2.24, 2.45) is 0 Å². The van der Waals surface area contributed by atoms with E-state index in [1.54, 1.807) is 7.11 Å². The van der Waals surface area contributed by atoms with Gasteiger partial charge in [0, 0.05) is 31.7 Å². The lowest BCUT2D eigenvalue weighted by atomic mass is 10.1. The Labute approximate surface area is 175 Å². The van der Waals surface area contributed by atoms with E-state index in [-0.39, 0.29) is 12.5 Å². The Kier molecular flexibility index (Phi) is 6.08. The molecular weight excluding hydrogens is 380 g/mol. The number of aromatic nitrogens is 2. The van der Waals surface area contributed by atoms with Crippen LogP contribution in [0.3, 0.4) is 0 Å². The second kappa shape index (κ2) is 9.26. The zero-order valence-corrected chi connectivity index (χ0v) is 16.9. The predicted molar refractivity (Wildman–Crippen MR) is 115 cm³/mol. The van der Waals surface area contributed by atoms with Crippen molar-refractivity contribution in [3.63, 3.8) is 0 Å². The van der Waals surface area contributed by atoms with Crippen molar-refractivity contribution in [1.29, 1.82) is 0 Å². The molecule has 0 radical (unpaired) electrons. The molecule has 7 nitrogen and oxygen atoms in total. The number of methoxy groups -OCH3 is 1. The number of anilines is 1. The summed E-state index contributed by atoms with van der Waals surface area (Å²) in [6.07, 6.45) is 0. The molecule has 2 aromatic carbocycles. The van der Waals surface area contributed by atoms with E-state index in [0.717, 1.165) is 22.8 Å². The van der Waals surface area contributed by atoms with Crippen LogP contribution in [0.2, 0.25) is 0 Å². The number of piperazine rings is 1. The minimum atomic E-state index is -0.00360. The number of rotatable bonds is 6. The number of carbonyl (C=O) groups is 1. The van der Waals surface area contributed by atoms with Gasteiger partial charge in [-0.15, -0.1) is 10.2 Å². The van der Waals surface area contributed by atoms with E-state index < -0.39 is 0 Å². The molecule has 4 rings (SSSR count). The lowest BCUT2D eigenvalue weighted by Crippen LogP contribution is -2.50. The third kappa shape index (κ3) is 4.51. The Hall–Kier alpha value is -3.61. The summed E-state index contributed by atoms with van der Waals surface area (Å²) in [5, 5.41) is 8.77. The highest BCUT2D eigenvalue weighted by Crippen LogP contribution is 2.28. The number of nitrogens with zero attached hydrogens (tertiary/aromatic N) is 4. The van der Waals surface area contributed by atoms with Crippen molar-refractivity contribution >= 4 is 11.7 Å². The van der Waals surface area contributed by atoms with E-state index >= 15 is 0 Å². The number of ether oxygens (including phenoxy) is 2. The fraction of sp³-hybridized carbons (Fsp3) is 0.261. The van der Waals surface area contributed by atoms with Crippen LogP contribution in [0.15, 0.2) is 66.7 Å². The van der Waals surface area contributed by atoms with Gasteiger partial charge in [0.1, 0.15) is 11.5 Å². The summed E-state index contributed by atoms with van der Waals surface area (Å²) in [5.74, 6) is 2.27. The molecule has 1 aliphatic heterocycles. The number of hydrogen-bond acceptors (Lipinski definition) is 6. The predicted octanol–water partition coefficient (Wildman–Crippen LogP) is 2.88. The van der Waals surface area contributed by atoms with E-state index in [1.807, 2.05) is 71.6 Å². The smallest absolute Gasteiger partial charge is 0.260 e. The third-order valence-electron chi connectivity index (χ3n) is 5.10. The molecule has 0 N–H and O–H groups in total. The lowest BCUT2D eigenvalue weighted by Gasteiger charge is -2.35. The van der Waals surface area contributed by atoms with Crippen LogP contribution in [0.4, 0.5) is 5.82 Å². The second-order valence-corrected chi connectivity index (χ2v) is 6.95. The largest absolute Gasteiger partial charge is 0.496 e. The quantitative estimate of drug-likeness (QED) is 0.629. The number of para-hydroxylation sites is 2. The first-order valence-corrected chi connectivity index (χ1v) is 9.92. The highest BCUT2D eigenvalue weighted by molar-refractivity contribution is 5.78. The Morgan fingerprint density at radius 3 is 2.33 bits per heavy atom. The molecule has 1 aromatic heterocycles. The zero-order valence-electron chi connectivity index (χ0n) is 16.9. The van der Waals surface area contributed by atoms with Crippen molar-refractivity contribution in [3.8, 4) is 22.8 Å². The summed E-state index contributed by atoms with van der Waals surface area (Å²) in [5.41, 5.74) is 1.68. The maximum absolute atomic E-state index is 12.4. The summed E-state index contributed by atoms with van der Waals surface area (Å²) in [6.45, 7) is 2.73. The first-order chi connectivity index (χ1) is 14.7. The Morgan fingerprint density at radius 2 is 1.63 bits per heavy atom. The van der Waals surface area contributed by atoms with Crippen molar-refractivity contribution in [1.82, 2.24) is 15.1 Å². The van der Waals surface area contributed by atoms with Gasteiger partial charge in [0.25, 0.3) is 5.91 Å². The molecule has 3 aromatic rings. The zero-order chi connectivity index (χ0) is 20.8. The molecule has 1 aliphatic rings. The summed E-state index contributed by atoms with van der Waals surface area (Å²) in [7, 11) is 1.65. The minimum Gasteiger partial charge on any atom is -0.496 e. The lowest BCUT2D eigenvalue weighted by molar-refractivity contribution is -0.133. The average Bonchev–Trinajstić information content (AvgIpc) is 2.83. The molecule has 0 saturated carbocycles. The van der Waals surface area contributed by atoms with Gasteiger partial charge in [0.05, 0.1) is 12.8 Å².